The van der Waals surface area contributed by atoms with Gasteiger partial charge in [0, 0.05) is 30.9 Å². The first-order chi connectivity index (χ1) is 8.50. The second-order valence-electron chi connectivity index (χ2n) is 4.73. The van der Waals surface area contributed by atoms with Gasteiger partial charge in [0.25, 0.3) is 0 Å². The molecule has 0 aliphatic carbocycles. The van der Waals surface area contributed by atoms with E-state index in [-0.39, 0.29) is 10.6 Å². The number of piperazine rings is 1. The van der Waals surface area contributed by atoms with Crippen molar-refractivity contribution >= 4 is 23.3 Å². The number of aromatic carboxylic acids is 1. The lowest BCUT2D eigenvalue weighted by molar-refractivity contribution is 0.0697. The Hall–Kier alpha value is -1.26. The molecule has 1 aliphatic heterocycles. The van der Waals surface area contributed by atoms with Crippen LogP contribution in [0.1, 0.15) is 24.2 Å². The van der Waals surface area contributed by atoms with Crippen LogP contribution in [-0.2, 0) is 0 Å². The molecule has 1 aromatic carbocycles. The SMILES string of the molecule is C[C@@H]1CNC[C@H](C)N1c1ccc(C(=O)O)c(Cl)c1. The number of benzene rings is 1. The van der Waals surface area contributed by atoms with Crippen molar-refractivity contribution in [1.82, 2.24) is 5.32 Å². The zero-order valence-electron chi connectivity index (χ0n) is 10.5. The van der Waals surface area contributed by atoms with Gasteiger partial charge in [0.05, 0.1) is 10.6 Å². The molecule has 1 saturated heterocycles. The number of hydrogen-bond acceptors (Lipinski definition) is 3. The van der Waals surface area contributed by atoms with Gasteiger partial charge in [-0.25, -0.2) is 4.79 Å². The van der Waals surface area contributed by atoms with E-state index in [4.69, 9.17) is 16.7 Å². The van der Waals surface area contributed by atoms with Crippen LogP contribution in [0.2, 0.25) is 5.02 Å². The second kappa shape index (κ2) is 5.16. The summed E-state index contributed by atoms with van der Waals surface area (Å²) < 4.78 is 0. The molecule has 0 radical (unpaired) electrons. The number of halogens is 1. The standard InChI is InChI=1S/C13H17ClN2O2/c1-8-6-15-7-9(2)16(8)10-3-4-11(13(17)18)12(14)5-10/h3-5,8-9,15H,6-7H2,1-2H3,(H,17,18)/t8-,9+. The van der Waals surface area contributed by atoms with Crippen molar-refractivity contribution in [2.24, 2.45) is 0 Å². The van der Waals surface area contributed by atoms with Crippen molar-refractivity contribution in [2.45, 2.75) is 25.9 Å². The maximum absolute atomic E-state index is 10.9. The van der Waals surface area contributed by atoms with E-state index in [1.54, 1.807) is 12.1 Å². The number of nitrogens with zero attached hydrogens (tertiary/aromatic N) is 1. The molecule has 0 bridgehead atoms. The Labute approximate surface area is 112 Å². The molecule has 18 heavy (non-hydrogen) atoms. The van der Waals surface area contributed by atoms with Gasteiger partial charge in [0.1, 0.15) is 0 Å². The number of nitrogens with one attached hydrogen (secondary N) is 1. The molecule has 2 N–H and O–H groups in total. The highest BCUT2D eigenvalue weighted by Gasteiger charge is 2.25. The van der Waals surface area contributed by atoms with E-state index in [0.29, 0.717) is 12.1 Å². The molecule has 4 nitrogen and oxygen atoms in total. The van der Waals surface area contributed by atoms with Crippen molar-refractivity contribution in [3.8, 4) is 0 Å². The fourth-order valence-electron chi connectivity index (χ4n) is 2.48. The predicted octanol–water partition coefficient (Wildman–Crippen LogP) is 2.22. The minimum absolute atomic E-state index is 0.149. The summed E-state index contributed by atoms with van der Waals surface area (Å²) >= 11 is 6.02. The summed E-state index contributed by atoms with van der Waals surface area (Å²) in [5, 5.41) is 12.6. The number of carboxylic acids is 1. The van der Waals surface area contributed by atoms with Crippen LogP contribution in [-0.4, -0.2) is 36.2 Å². The monoisotopic (exact) mass is 268 g/mol. The maximum atomic E-state index is 10.9. The van der Waals surface area contributed by atoms with Crippen LogP contribution in [0.15, 0.2) is 18.2 Å². The quantitative estimate of drug-likeness (QED) is 0.864. The van der Waals surface area contributed by atoms with E-state index >= 15 is 0 Å². The van der Waals surface area contributed by atoms with E-state index in [1.165, 1.54) is 0 Å². The van der Waals surface area contributed by atoms with Crippen LogP contribution in [0.3, 0.4) is 0 Å². The molecule has 2 atom stereocenters. The van der Waals surface area contributed by atoms with Crippen molar-refractivity contribution in [3.05, 3.63) is 28.8 Å². The Bertz CT molecular complexity index is 454. The number of carbonyl (C=O) groups is 1. The Morgan fingerprint density at radius 2 is 2.00 bits per heavy atom. The molecule has 98 valence electrons. The molecule has 1 aromatic rings. The average Bonchev–Trinajstić information content (AvgIpc) is 2.28. The van der Waals surface area contributed by atoms with Gasteiger partial charge in [-0.05, 0) is 32.0 Å². The highest BCUT2D eigenvalue weighted by Crippen LogP contribution is 2.27. The van der Waals surface area contributed by atoms with E-state index in [2.05, 4.69) is 24.1 Å². The summed E-state index contributed by atoms with van der Waals surface area (Å²) in [7, 11) is 0. The second-order valence-corrected chi connectivity index (χ2v) is 5.14. The van der Waals surface area contributed by atoms with Gasteiger partial charge >= 0.3 is 5.97 Å². The molecule has 0 unspecified atom stereocenters. The zero-order chi connectivity index (χ0) is 13.3. The molecule has 1 aliphatic rings. The van der Waals surface area contributed by atoms with Gasteiger partial charge in [-0.3, -0.25) is 0 Å². The van der Waals surface area contributed by atoms with Gasteiger partial charge in [-0.2, -0.15) is 0 Å². The van der Waals surface area contributed by atoms with Gasteiger partial charge in [0.2, 0.25) is 0 Å². The van der Waals surface area contributed by atoms with Crippen molar-refractivity contribution < 1.29 is 9.90 Å². The third-order valence-corrected chi connectivity index (χ3v) is 3.62. The topological polar surface area (TPSA) is 52.6 Å². The largest absolute Gasteiger partial charge is 0.478 e. The fourth-order valence-corrected chi connectivity index (χ4v) is 2.73. The average molecular weight is 269 g/mol. The Morgan fingerprint density at radius 1 is 1.39 bits per heavy atom. The molecular formula is C13H17ClN2O2. The lowest BCUT2D eigenvalue weighted by atomic mass is 10.1. The summed E-state index contributed by atoms with van der Waals surface area (Å²) in [6, 6.07) is 5.86. The molecule has 0 amide bonds. The first-order valence-corrected chi connectivity index (χ1v) is 6.40. The number of anilines is 1. The highest BCUT2D eigenvalue weighted by atomic mass is 35.5. The van der Waals surface area contributed by atoms with Crippen molar-refractivity contribution in [3.63, 3.8) is 0 Å². The normalized spacial score (nSPS) is 24.1. The molecule has 0 spiro atoms. The van der Waals surface area contributed by atoms with Gasteiger partial charge in [-0.15, -0.1) is 0 Å². The first kappa shape index (κ1) is 13.2. The molecule has 0 saturated carbocycles. The van der Waals surface area contributed by atoms with Crippen LogP contribution >= 0.6 is 11.6 Å². The first-order valence-electron chi connectivity index (χ1n) is 6.02. The molecule has 2 rings (SSSR count). The number of rotatable bonds is 2. The Balaban J connectivity index is 2.33. The molecule has 0 aromatic heterocycles. The smallest absolute Gasteiger partial charge is 0.337 e. The van der Waals surface area contributed by atoms with E-state index in [9.17, 15) is 4.79 Å². The third-order valence-electron chi connectivity index (χ3n) is 3.31. The van der Waals surface area contributed by atoms with E-state index in [0.717, 1.165) is 18.8 Å². The van der Waals surface area contributed by atoms with E-state index < -0.39 is 5.97 Å². The highest BCUT2D eigenvalue weighted by molar-refractivity contribution is 6.33. The minimum atomic E-state index is -0.993. The Kier molecular flexibility index (Phi) is 3.78. The minimum Gasteiger partial charge on any atom is -0.478 e. The van der Waals surface area contributed by atoms with Crippen LogP contribution in [0, 0.1) is 0 Å². The molecule has 5 heteroatoms. The lowest BCUT2D eigenvalue weighted by Gasteiger charge is -2.41. The number of carboxylic acid groups (broad SMARTS) is 1. The zero-order valence-corrected chi connectivity index (χ0v) is 11.2. The third kappa shape index (κ3) is 2.44. The lowest BCUT2D eigenvalue weighted by Crippen LogP contribution is -2.55. The van der Waals surface area contributed by atoms with Crippen LogP contribution in [0.4, 0.5) is 5.69 Å². The molecule has 1 fully saturated rings. The predicted molar refractivity (Wildman–Crippen MR) is 72.7 cm³/mol. The van der Waals surface area contributed by atoms with Crippen molar-refractivity contribution in [2.75, 3.05) is 18.0 Å². The maximum Gasteiger partial charge on any atom is 0.337 e. The fraction of sp³-hybridized carbons (Fsp3) is 0.462. The Morgan fingerprint density at radius 3 is 2.50 bits per heavy atom. The summed E-state index contributed by atoms with van der Waals surface area (Å²) in [6.07, 6.45) is 0. The summed E-state index contributed by atoms with van der Waals surface area (Å²) in [5.74, 6) is -0.993. The summed E-state index contributed by atoms with van der Waals surface area (Å²) in [4.78, 5) is 13.2. The summed E-state index contributed by atoms with van der Waals surface area (Å²) in [5.41, 5.74) is 1.13. The van der Waals surface area contributed by atoms with Gasteiger partial charge in [-0.1, -0.05) is 11.6 Å². The van der Waals surface area contributed by atoms with Crippen LogP contribution in [0.5, 0.6) is 0 Å². The molecule has 1 heterocycles. The number of hydrogen-bond donors (Lipinski definition) is 2. The van der Waals surface area contributed by atoms with Crippen LogP contribution in [0.25, 0.3) is 0 Å². The summed E-state index contributed by atoms with van der Waals surface area (Å²) in [6.45, 7) is 6.12. The van der Waals surface area contributed by atoms with E-state index in [1.807, 2.05) is 6.07 Å². The van der Waals surface area contributed by atoms with Crippen molar-refractivity contribution in [1.29, 1.82) is 0 Å². The van der Waals surface area contributed by atoms with Gasteiger partial charge < -0.3 is 15.3 Å². The molecular weight excluding hydrogens is 252 g/mol. The van der Waals surface area contributed by atoms with Gasteiger partial charge in [0.15, 0.2) is 0 Å². The van der Waals surface area contributed by atoms with Crippen LogP contribution < -0.4 is 10.2 Å².